The van der Waals surface area contributed by atoms with Gasteiger partial charge in [0.1, 0.15) is 6.61 Å². The molecule has 0 heterocycles. The van der Waals surface area contributed by atoms with E-state index < -0.39 is 0 Å². The summed E-state index contributed by atoms with van der Waals surface area (Å²) >= 11 is 4.00. The molecule has 0 saturated carbocycles. The molecule has 0 spiro atoms. The smallest absolute Gasteiger partial charge is 0.305 e. The van der Waals surface area contributed by atoms with Crippen molar-refractivity contribution >= 4 is 18.6 Å². The molecule has 19 heavy (non-hydrogen) atoms. The van der Waals surface area contributed by atoms with Crippen molar-refractivity contribution in [2.24, 2.45) is 0 Å². The van der Waals surface area contributed by atoms with Crippen LogP contribution in [0.25, 0.3) is 0 Å². The van der Waals surface area contributed by atoms with Gasteiger partial charge in [-0.1, -0.05) is 71.1 Å². The normalized spacial score (nSPS) is 10.6. The second-order valence-corrected chi connectivity index (χ2v) is 5.68. The first-order chi connectivity index (χ1) is 9.31. The van der Waals surface area contributed by atoms with E-state index in [-0.39, 0.29) is 5.97 Å². The van der Waals surface area contributed by atoms with Crippen molar-refractivity contribution in [2.75, 3.05) is 12.4 Å². The highest BCUT2D eigenvalue weighted by Crippen LogP contribution is 2.12. The van der Waals surface area contributed by atoms with Crippen LogP contribution in [0.15, 0.2) is 0 Å². The van der Waals surface area contributed by atoms with E-state index in [0.29, 0.717) is 18.8 Å². The van der Waals surface area contributed by atoms with E-state index >= 15 is 0 Å². The Labute approximate surface area is 125 Å². The maximum Gasteiger partial charge on any atom is 0.305 e. The van der Waals surface area contributed by atoms with Gasteiger partial charge in [-0.25, -0.2) is 0 Å². The summed E-state index contributed by atoms with van der Waals surface area (Å²) in [5.41, 5.74) is 0. The van der Waals surface area contributed by atoms with Crippen molar-refractivity contribution in [1.29, 1.82) is 0 Å². The summed E-state index contributed by atoms with van der Waals surface area (Å²) in [6.45, 7) is 2.70. The Balaban J connectivity index is 3.04. The van der Waals surface area contributed by atoms with Crippen molar-refractivity contribution in [3.05, 3.63) is 0 Å². The fourth-order valence-electron chi connectivity index (χ4n) is 2.17. The minimum Gasteiger partial charge on any atom is -0.465 e. The zero-order chi connectivity index (χ0) is 14.2. The molecule has 0 aromatic carbocycles. The van der Waals surface area contributed by atoms with Crippen molar-refractivity contribution < 1.29 is 9.53 Å². The molecule has 0 saturated heterocycles. The molecule has 0 aliphatic rings. The van der Waals surface area contributed by atoms with E-state index in [9.17, 15) is 4.79 Å². The van der Waals surface area contributed by atoms with Crippen molar-refractivity contribution in [2.45, 2.75) is 84.0 Å². The zero-order valence-corrected chi connectivity index (χ0v) is 13.6. The van der Waals surface area contributed by atoms with Gasteiger partial charge in [0.05, 0.1) is 0 Å². The Morgan fingerprint density at radius 1 is 0.842 bits per heavy atom. The largest absolute Gasteiger partial charge is 0.465 e. The van der Waals surface area contributed by atoms with Crippen LogP contribution in [0, 0.1) is 0 Å². The van der Waals surface area contributed by atoms with Gasteiger partial charge in [0.15, 0.2) is 0 Å². The number of carbonyl (C=O) groups excluding carboxylic acids is 1. The van der Waals surface area contributed by atoms with Crippen LogP contribution in [0.1, 0.15) is 84.0 Å². The molecule has 0 aromatic rings. The minimum absolute atomic E-state index is 0.0648. The van der Waals surface area contributed by atoms with Gasteiger partial charge in [-0.3, -0.25) is 4.79 Å². The Morgan fingerprint density at radius 3 is 1.79 bits per heavy atom. The quantitative estimate of drug-likeness (QED) is 0.271. The van der Waals surface area contributed by atoms with Gasteiger partial charge < -0.3 is 4.74 Å². The molecular formula is C16H32O2S. The average Bonchev–Trinajstić information content (AvgIpc) is 2.42. The fraction of sp³-hybridized carbons (Fsp3) is 0.938. The van der Waals surface area contributed by atoms with Crippen LogP contribution in [0.2, 0.25) is 0 Å². The van der Waals surface area contributed by atoms with Crippen molar-refractivity contribution in [3.8, 4) is 0 Å². The number of unbranched alkanes of at least 4 members (excludes halogenated alkanes) is 10. The molecule has 0 unspecified atom stereocenters. The lowest BCUT2D eigenvalue weighted by Crippen LogP contribution is -2.06. The van der Waals surface area contributed by atoms with Gasteiger partial charge in [0.2, 0.25) is 0 Å². The molecule has 0 rings (SSSR count). The summed E-state index contributed by atoms with van der Waals surface area (Å²) in [4.78, 5) is 11.2. The second kappa shape index (κ2) is 15.9. The second-order valence-electron chi connectivity index (χ2n) is 5.23. The van der Waals surface area contributed by atoms with Crippen molar-refractivity contribution in [1.82, 2.24) is 0 Å². The van der Waals surface area contributed by atoms with E-state index in [1.54, 1.807) is 0 Å². The summed E-state index contributed by atoms with van der Waals surface area (Å²) in [5, 5.41) is 0. The summed E-state index contributed by atoms with van der Waals surface area (Å²) in [5.74, 6) is 0.550. The third-order valence-corrected chi connectivity index (χ3v) is 3.52. The van der Waals surface area contributed by atoms with Crippen LogP contribution in [-0.2, 0) is 9.53 Å². The molecule has 2 nitrogen and oxygen atoms in total. The molecule has 0 amide bonds. The van der Waals surface area contributed by atoms with E-state index in [1.165, 1.54) is 57.8 Å². The first-order valence-electron chi connectivity index (χ1n) is 8.07. The zero-order valence-electron chi connectivity index (χ0n) is 12.7. The number of esters is 1. The lowest BCUT2D eigenvalue weighted by atomic mass is 10.1. The first kappa shape index (κ1) is 18.8. The minimum atomic E-state index is -0.0648. The molecule has 0 atom stereocenters. The maximum atomic E-state index is 11.2. The summed E-state index contributed by atoms with van der Waals surface area (Å²) < 4.78 is 4.97. The SMILES string of the molecule is CCCCCCCCCCCCCC(=O)OCCS. The highest BCUT2D eigenvalue weighted by Gasteiger charge is 2.01. The van der Waals surface area contributed by atoms with E-state index in [4.69, 9.17) is 4.74 Å². The van der Waals surface area contributed by atoms with E-state index in [1.807, 2.05) is 0 Å². The van der Waals surface area contributed by atoms with Crippen LogP contribution in [-0.4, -0.2) is 18.3 Å². The van der Waals surface area contributed by atoms with Gasteiger partial charge in [0.25, 0.3) is 0 Å². The highest BCUT2D eigenvalue weighted by atomic mass is 32.1. The first-order valence-corrected chi connectivity index (χ1v) is 8.71. The molecule has 0 radical (unpaired) electrons. The van der Waals surface area contributed by atoms with Gasteiger partial charge in [0, 0.05) is 12.2 Å². The molecule has 0 aliphatic heterocycles. The predicted molar refractivity (Wildman–Crippen MR) is 85.9 cm³/mol. The number of rotatable bonds is 14. The Kier molecular flexibility index (Phi) is 15.7. The lowest BCUT2D eigenvalue weighted by Gasteiger charge is -2.03. The Bertz CT molecular complexity index is 195. The van der Waals surface area contributed by atoms with E-state index in [2.05, 4.69) is 19.6 Å². The number of ether oxygens (including phenoxy) is 1. The van der Waals surface area contributed by atoms with Crippen LogP contribution >= 0.6 is 12.6 Å². The third kappa shape index (κ3) is 15.8. The molecular weight excluding hydrogens is 256 g/mol. The number of hydrogen-bond donors (Lipinski definition) is 1. The fourth-order valence-corrected chi connectivity index (χ4v) is 2.26. The van der Waals surface area contributed by atoms with Gasteiger partial charge in [-0.05, 0) is 6.42 Å². The van der Waals surface area contributed by atoms with Gasteiger partial charge >= 0.3 is 5.97 Å². The molecule has 114 valence electrons. The third-order valence-electron chi connectivity index (χ3n) is 3.34. The molecule has 3 heteroatoms. The average molecular weight is 288 g/mol. The molecule has 0 aromatic heterocycles. The monoisotopic (exact) mass is 288 g/mol. The topological polar surface area (TPSA) is 26.3 Å². The Hall–Kier alpha value is -0.180. The maximum absolute atomic E-state index is 11.2. The number of thiol groups is 1. The number of carbonyl (C=O) groups is 1. The van der Waals surface area contributed by atoms with Crippen LogP contribution in [0.4, 0.5) is 0 Å². The Morgan fingerprint density at radius 2 is 1.32 bits per heavy atom. The van der Waals surface area contributed by atoms with Crippen LogP contribution in [0.5, 0.6) is 0 Å². The lowest BCUT2D eigenvalue weighted by molar-refractivity contribution is -0.143. The molecule has 0 fully saturated rings. The molecule has 0 N–H and O–H groups in total. The van der Waals surface area contributed by atoms with Crippen LogP contribution < -0.4 is 0 Å². The standard InChI is InChI=1S/C16H32O2S/c1-2-3-4-5-6-7-8-9-10-11-12-13-16(17)18-14-15-19/h19H,2-15H2,1H3. The van der Waals surface area contributed by atoms with Gasteiger partial charge in [-0.15, -0.1) is 0 Å². The summed E-state index contributed by atoms with van der Waals surface area (Å²) in [6.07, 6.45) is 15.0. The van der Waals surface area contributed by atoms with Crippen molar-refractivity contribution in [3.63, 3.8) is 0 Å². The summed E-state index contributed by atoms with van der Waals surface area (Å²) in [7, 11) is 0. The predicted octanol–water partition coefficient (Wildman–Crippen LogP) is 5.16. The number of hydrogen-bond acceptors (Lipinski definition) is 3. The van der Waals surface area contributed by atoms with Crippen LogP contribution in [0.3, 0.4) is 0 Å². The highest BCUT2D eigenvalue weighted by molar-refractivity contribution is 7.80. The molecule has 0 aliphatic carbocycles. The van der Waals surface area contributed by atoms with Gasteiger partial charge in [-0.2, -0.15) is 12.6 Å². The summed E-state index contributed by atoms with van der Waals surface area (Å²) in [6, 6.07) is 0. The van der Waals surface area contributed by atoms with E-state index in [0.717, 1.165) is 12.8 Å². The molecule has 0 bridgehead atoms.